The van der Waals surface area contributed by atoms with Crippen LogP contribution in [0, 0.1) is 11.7 Å². The number of fused-ring (bicyclic) bond motifs is 1. The number of hydrogen-bond acceptors (Lipinski definition) is 3. The zero-order valence-corrected chi connectivity index (χ0v) is 10.4. The minimum atomic E-state index is -0.173. The molecule has 1 aromatic carbocycles. The second-order valence-corrected chi connectivity index (χ2v) is 5.73. The zero-order chi connectivity index (χ0) is 11.7. The Morgan fingerprint density at radius 1 is 1.47 bits per heavy atom. The standard InChI is InChI=1S/C13H15FN2S/c14-10-2-3-11-12(7-10)17-13(16-11)4-1-9-5-6-15-8-9/h2-3,7,9,15H,1,4-6,8H2. The van der Waals surface area contributed by atoms with E-state index in [0.717, 1.165) is 40.7 Å². The molecule has 1 aliphatic heterocycles. The molecule has 1 aromatic heterocycles. The normalized spacial score (nSPS) is 20.2. The SMILES string of the molecule is Fc1ccc2nc(CCC3CCNC3)sc2c1. The van der Waals surface area contributed by atoms with Gasteiger partial charge in [-0.15, -0.1) is 11.3 Å². The number of aromatic nitrogens is 1. The number of rotatable bonds is 3. The first-order valence-electron chi connectivity index (χ1n) is 6.07. The van der Waals surface area contributed by atoms with Crippen molar-refractivity contribution in [1.82, 2.24) is 10.3 Å². The fourth-order valence-electron chi connectivity index (χ4n) is 2.34. The molecule has 1 aliphatic rings. The van der Waals surface area contributed by atoms with E-state index in [1.807, 2.05) is 0 Å². The van der Waals surface area contributed by atoms with Gasteiger partial charge in [-0.2, -0.15) is 0 Å². The van der Waals surface area contributed by atoms with Gasteiger partial charge < -0.3 is 5.32 Å². The molecule has 0 aliphatic carbocycles. The summed E-state index contributed by atoms with van der Waals surface area (Å²) in [5.41, 5.74) is 0.927. The molecule has 4 heteroatoms. The molecule has 0 saturated carbocycles. The van der Waals surface area contributed by atoms with Gasteiger partial charge in [0.05, 0.1) is 15.2 Å². The predicted octanol–water partition coefficient (Wildman–Crippen LogP) is 2.98. The number of nitrogens with zero attached hydrogens (tertiary/aromatic N) is 1. The van der Waals surface area contributed by atoms with Gasteiger partial charge in [-0.05, 0) is 56.5 Å². The van der Waals surface area contributed by atoms with Crippen LogP contribution < -0.4 is 5.32 Å². The van der Waals surface area contributed by atoms with E-state index in [9.17, 15) is 4.39 Å². The van der Waals surface area contributed by atoms with Gasteiger partial charge in [-0.3, -0.25) is 0 Å². The van der Waals surface area contributed by atoms with Crippen molar-refractivity contribution in [3.63, 3.8) is 0 Å². The Kier molecular flexibility index (Phi) is 3.07. The fraction of sp³-hybridized carbons (Fsp3) is 0.462. The summed E-state index contributed by atoms with van der Waals surface area (Å²) in [6.45, 7) is 2.29. The number of aryl methyl sites for hydroxylation is 1. The van der Waals surface area contributed by atoms with Gasteiger partial charge in [0.15, 0.2) is 0 Å². The molecule has 1 fully saturated rings. The van der Waals surface area contributed by atoms with Crippen molar-refractivity contribution in [2.45, 2.75) is 19.3 Å². The second kappa shape index (κ2) is 4.70. The van der Waals surface area contributed by atoms with Crippen LogP contribution in [-0.4, -0.2) is 18.1 Å². The summed E-state index contributed by atoms with van der Waals surface area (Å²) in [4.78, 5) is 4.55. The first kappa shape index (κ1) is 11.1. The monoisotopic (exact) mass is 250 g/mol. The highest BCUT2D eigenvalue weighted by Gasteiger charge is 2.15. The lowest BCUT2D eigenvalue weighted by Crippen LogP contribution is -2.09. The highest BCUT2D eigenvalue weighted by Crippen LogP contribution is 2.25. The van der Waals surface area contributed by atoms with Crippen LogP contribution in [0.25, 0.3) is 10.2 Å². The number of nitrogens with one attached hydrogen (secondary N) is 1. The summed E-state index contributed by atoms with van der Waals surface area (Å²) in [5, 5.41) is 4.51. The van der Waals surface area contributed by atoms with E-state index in [1.165, 1.54) is 18.9 Å². The highest BCUT2D eigenvalue weighted by atomic mass is 32.1. The third-order valence-corrected chi connectivity index (χ3v) is 4.40. The first-order chi connectivity index (χ1) is 8.31. The minimum absolute atomic E-state index is 0.173. The lowest BCUT2D eigenvalue weighted by atomic mass is 10.0. The van der Waals surface area contributed by atoms with Crippen LogP contribution in [0.4, 0.5) is 4.39 Å². The van der Waals surface area contributed by atoms with Crippen molar-refractivity contribution < 1.29 is 4.39 Å². The Balaban J connectivity index is 1.72. The van der Waals surface area contributed by atoms with Crippen molar-refractivity contribution in [3.05, 3.63) is 29.0 Å². The van der Waals surface area contributed by atoms with Gasteiger partial charge in [0.1, 0.15) is 5.82 Å². The molecule has 1 N–H and O–H groups in total. The maximum absolute atomic E-state index is 13.0. The van der Waals surface area contributed by atoms with Crippen molar-refractivity contribution in [1.29, 1.82) is 0 Å². The van der Waals surface area contributed by atoms with Gasteiger partial charge in [0.2, 0.25) is 0 Å². The Morgan fingerprint density at radius 3 is 3.24 bits per heavy atom. The zero-order valence-electron chi connectivity index (χ0n) is 9.58. The topological polar surface area (TPSA) is 24.9 Å². The summed E-state index contributed by atoms with van der Waals surface area (Å²) in [7, 11) is 0. The van der Waals surface area contributed by atoms with Crippen LogP contribution in [0.3, 0.4) is 0 Å². The van der Waals surface area contributed by atoms with Crippen molar-refractivity contribution in [2.75, 3.05) is 13.1 Å². The predicted molar refractivity (Wildman–Crippen MR) is 68.9 cm³/mol. The second-order valence-electron chi connectivity index (χ2n) is 4.62. The molecular formula is C13H15FN2S. The molecule has 0 spiro atoms. The Bertz CT molecular complexity index is 517. The van der Waals surface area contributed by atoms with Crippen molar-refractivity contribution in [2.24, 2.45) is 5.92 Å². The third-order valence-electron chi connectivity index (χ3n) is 3.32. The molecule has 0 amide bonds. The number of hydrogen-bond donors (Lipinski definition) is 1. The maximum Gasteiger partial charge on any atom is 0.124 e. The Labute approximate surface area is 104 Å². The minimum Gasteiger partial charge on any atom is -0.316 e. The van der Waals surface area contributed by atoms with E-state index in [4.69, 9.17) is 0 Å². The Morgan fingerprint density at radius 2 is 2.41 bits per heavy atom. The van der Waals surface area contributed by atoms with Crippen LogP contribution in [0.2, 0.25) is 0 Å². The summed E-state index contributed by atoms with van der Waals surface area (Å²) in [5.74, 6) is 0.617. The van der Waals surface area contributed by atoms with Gasteiger partial charge >= 0.3 is 0 Å². The molecule has 1 atom stereocenters. The lowest BCUT2D eigenvalue weighted by Gasteiger charge is -2.04. The van der Waals surface area contributed by atoms with Gasteiger partial charge in [0.25, 0.3) is 0 Å². The molecule has 1 unspecified atom stereocenters. The quantitative estimate of drug-likeness (QED) is 0.906. The summed E-state index contributed by atoms with van der Waals surface area (Å²) in [6, 6.07) is 4.82. The smallest absolute Gasteiger partial charge is 0.124 e. The van der Waals surface area contributed by atoms with Crippen LogP contribution in [0.1, 0.15) is 17.8 Å². The average molecular weight is 250 g/mol. The highest BCUT2D eigenvalue weighted by molar-refractivity contribution is 7.18. The van der Waals surface area contributed by atoms with E-state index in [-0.39, 0.29) is 5.82 Å². The third kappa shape index (κ3) is 2.48. The molecule has 0 bridgehead atoms. The van der Waals surface area contributed by atoms with Gasteiger partial charge in [-0.1, -0.05) is 0 Å². The number of halogens is 1. The summed E-state index contributed by atoms with van der Waals surface area (Å²) in [6.07, 6.45) is 3.49. The first-order valence-corrected chi connectivity index (χ1v) is 6.88. The number of benzene rings is 1. The molecule has 0 radical (unpaired) electrons. The number of thiazole rings is 1. The fourth-order valence-corrected chi connectivity index (χ4v) is 3.35. The largest absolute Gasteiger partial charge is 0.316 e. The summed E-state index contributed by atoms with van der Waals surface area (Å²) < 4.78 is 14.0. The van der Waals surface area contributed by atoms with E-state index in [0.29, 0.717) is 0 Å². The molecule has 2 aromatic rings. The average Bonchev–Trinajstić information content (AvgIpc) is 2.94. The van der Waals surface area contributed by atoms with E-state index in [1.54, 1.807) is 23.5 Å². The Hall–Kier alpha value is -1.00. The van der Waals surface area contributed by atoms with E-state index >= 15 is 0 Å². The lowest BCUT2D eigenvalue weighted by molar-refractivity contribution is 0.532. The van der Waals surface area contributed by atoms with Crippen LogP contribution in [-0.2, 0) is 6.42 Å². The molecular weight excluding hydrogens is 235 g/mol. The molecule has 1 saturated heterocycles. The van der Waals surface area contributed by atoms with E-state index in [2.05, 4.69) is 10.3 Å². The van der Waals surface area contributed by atoms with Crippen molar-refractivity contribution >= 4 is 21.6 Å². The molecule has 2 heterocycles. The van der Waals surface area contributed by atoms with Crippen LogP contribution in [0.5, 0.6) is 0 Å². The summed E-state index contributed by atoms with van der Waals surface area (Å²) >= 11 is 1.62. The van der Waals surface area contributed by atoms with Crippen molar-refractivity contribution in [3.8, 4) is 0 Å². The van der Waals surface area contributed by atoms with Crippen LogP contribution >= 0.6 is 11.3 Å². The van der Waals surface area contributed by atoms with Gasteiger partial charge in [-0.25, -0.2) is 9.37 Å². The van der Waals surface area contributed by atoms with E-state index < -0.39 is 0 Å². The molecule has 2 nitrogen and oxygen atoms in total. The van der Waals surface area contributed by atoms with Gasteiger partial charge in [0, 0.05) is 0 Å². The molecule has 90 valence electrons. The molecule has 17 heavy (non-hydrogen) atoms. The maximum atomic E-state index is 13.0. The molecule has 3 rings (SSSR count). The van der Waals surface area contributed by atoms with Crippen LogP contribution in [0.15, 0.2) is 18.2 Å².